The van der Waals surface area contributed by atoms with Crippen molar-refractivity contribution in [1.29, 1.82) is 0 Å². The van der Waals surface area contributed by atoms with Crippen LogP contribution in [0.5, 0.6) is 0 Å². The minimum Gasteiger partial charge on any atom is -0.299 e. The molecule has 0 N–H and O–H groups in total. The average Bonchev–Trinajstić information content (AvgIpc) is 2.57. The Kier molecular flexibility index (Phi) is 3.42. The second-order valence-corrected chi connectivity index (χ2v) is 6.42. The first kappa shape index (κ1) is 13.5. The monoisotopic (exact) mass is 288 g/mol. The molecule has 0 amide bonds. The highest BCUT2D eigenvalue weighted by atomic mass is 16.1. The molecular weight excluding hydrogens is 268 g/mol. The van der Waals surface area contributed by atoms with Crippen LogP contribution in [0.25, 0.3) is 5.57 Å². The number of benzene rings is 2. The molecule has 0 saturated heterocycles. The van der Waals surface area contributed by atoms with Gasteiger partial charge in [0.15, 0.2) is 0 Å². The van der Waals surface area contributed by atoms with Crippen molar-refractivity contribution in [3.05, 3.63) is 77.9 Å². The second-order valence-electron chi connectivity index (χ2n) is 6.42. The predicted molar refractivity (Wildman–Crippen MR) is 89.4 cm³/mol. The van der Waals surface area contributed by atoms with E-state index in [1.54, 1.807) is 0 Å². The van der Waals surface area contributed by atoms with Crippen molar-refractivity contribution in [3.8, 4) is 0 Å². The van der Waals surface area contributed by atoms with Crippen molar-refractivity contribution in [2.75, 3.05) is 0 Å². The molecule has 0 spiro atoms. The molecule has 2 aromatic rings. The highest BCUT2D eigenvalue weighted by Crippen LogP contribution is 2.47. The number of allylic oxidation sites excluding steroid dienone is 2. The predicted octanol–water partition coefficient (Wildman–Crippen LogP) is 4.85. The zero-order valence-electron chi connectivity index (χ0n) is 12.6. The molecule has 1 saturated carbocycles. The Balaban J connectivity index is 1.84. The van der Waals surface area contributed by atoms with E-state index in [-0.39, 0.29) is 17.8 Å². The topological polar surface area (TPSA) is 17.1 Å². The minimum absolute atomic E-state index is 0.112. The SMILES string of the molecule is O=C1[C@@H]2CCC[C@H]1[C@@H](c1ccccc1)C=C2c1ccccc1. The Bertz CT molecular complexity index is 699. The lowest BCUT2D eigenvalue weighted by molar-refractivity contribution is -0.128. The van der Waals surface area contributed by atoms with E-state index in [2.05, 4.69) is 54.6 Å². The third kappa shape index (κ3) is 2.21. The Hall–Kier alpha value is -2.15. The number of Topliss-reactive ketones (excluding diaryl/α,β-unsaturated/α-hetero) is 1. The summed E-state index contributed by atoms with van der Waals surface area (Å²) in [6.45, 7) is 0. The van der Waals surface area contributed by atoms with Crippen molar-refractivity contribution in [2.45, 2.75) is 25.2 Å². The van der Waals surface area contributed by atoms with Crippen LogP contribution in [0.3, 0.4) is 0 Å². The quantitative estimate of drug-likeness (QED) is 0.772. The Morgan fingerprint density at radius 1 is 0.818 bits per heavy atom. The second kappa shape index (κ2) is 5.57. The largest absolute Gasteiger partial charge is 0.299 e. The molecule has 0 radical (unpaired) electrons. The van der Waals surface area contributed by atoms with E-state index in [0.29, 0.717) is 5.78 Å². The summed E-state index contributed by atoms with van der Waals surface area (Å²) in [6.07, 6.45) is 5.58. The minimum atomic E-state index is 0.112. The molecule has 0 aliphatic heterocycles. The highest BCUT2D eigenvalue weighted by Gasteiger charge is 2.41. The molecule has 2 aliphatic carbocycles. The molecule has 1 heteroatoms. The Labute approximate surface area is 131 Å². The molecular formula is C21H20O. The molecule has 4 rings (SSSR count). The smallest absolute Gasteiger partial charge is 0.144 e. The molecule has 3 atom stereocenters. The standard InChI is InChI=1S/C21H20O/c22-21-17-12-7-13-18(21)20(16-10-5-2-6-11-16)14-19(17)15-8-3-1-4-9-15/h1-6,8-11,14,17-19H,7,12-13H2/t17-,18+,19+/m0/s1. The molecule has 1 nitrogen and oxygen atoms in total. The molecule has 22 heavy (non-hydrogen) atoms. The van der Waals surface area contributed by atoms with Crippen LogP contribution in [0, 0.1) is 11.8 Å². The number of carbonyl (C=O) groups is 1. The number of fused-ring (bicyclic) bond motifs is 2. The number of carbonyl (C=O) groups excluding carboxylic acids is 1. The lowest BCUT2D eigenvalue weighted by Crippen LogP contribution is -2.36. The van der Waals surface area contributed by atoms with E-state index in [4.69, 9.17) is 0 Å². The van der Waals surface area contributed by atoms with Gasteiger partial charge in [-0.15, -0.1) is 0 Å². The normalized spacial score (nSPS) is 27.4. The van der Waals surface area contributed by atoms with Gasteiger partial charge in [-0.1, -0.05) is 73.2 Å². The van der Waals surface area contributed by atoms with Gasteiger partial charge in [0.05, 0.1) is 0 Å². The summed E-state index contributed by atoms with van der Waals surface area (Å²) in [5.74, 6) is 0.983. The molecule has 2 bridgehead atoms. The fourth-order valence-corrected chi connectivity index (χ4v) is 4.11. The van der Waals surface area contributed by atoms with E-state index in [1.165, 1.54) is 16.7 Å². The first-order valence-electron chi connectivity index (χ1n) is 8.20. The van der Waals surface area contributed by atoms with Crippen LogP contribution >= 0.6 is 0 Å². The maximum Gasteiger partial charge on any atom is 0.144 e. The van der Waals surface area contributed by atoms with Crippen LogP contribution in [-0.2, 0) is 4.79 Å². The zero-order chi connectivity index (χ0) is 14.9. The van der Waals surface area contributed by atoms with Gasteiger partial charge in [0.2, 0.25) is 0 Å². The number of ketones is 1. The van der Waals surface area contributed by atoms with E-state index in [9.17, 15) is 4.79 Å². The van der Waals surface area contributed by atoms with Crippen LogP contribution < -0.4 is 0 Å². The van der Waals surface area contributed by atoms with Crippen molar-refractivity contribution in [1.82, 2.24) is 0 Å². The highest BCUT2D eigenvalue weighted by molar-refractivity contribution is 5.98. The fourth-order valence-electron chi connectivity index (χ4n) is 4.11. The van der Waals surface area contributed by atoms with Crippen molar-refractivity contribution in [3.63, 3.8) is 0 Å². The van der Waals surface area contributed by atoms with E-state index in [1.807, 2.05) is 12.1 Å². The molecule has 0 unspecified atom stereocenters. The fraction of sp³-hybridized carbons (Fsp3) is 0.286. The molecule has 2 aromatic carbocycles. The van der Waals surface area contributed by atoms with Gasteiger partial charge in [0, 0.05) is 17.8 Å². The lowest BCUT2D eigenvalue weighted by Gasteiger charge is -2.38. The van der Waals surface area contributed by atoms with Crippen molar-refractivity contribution < 1.29 is 4.79 Å². The third-order valence-electron chi connectivity index (χ3n) is 5.18. The van der Waals surface area contributed by atoms with Crippen LogP contribution in [0.15, 0.2) is 66.7 Å². The molecule has 110 valence electrons. The summed E-state index contributed by atoms with van der Waals surface area (Å²) in [7, 11) is 0. The van der Waals surface area contributed by atoms with Gasteiger partial charge in [-0.3, -0.25) is 4.79 Å². The molecule has 1 fully saturated rings. The van der Waals surface area contributed by atoms with Gasteiger partial charge in [-0.2, -0.15) is 0 Å². The zero-order valence-corrected chi connectivity index (χ0v) is 12.6. The van der Waals surface area contributed by atoms with Crippen LogP contribution in [-0.4, -0.2) is 5.78 Å². The van der Waals surface area contributed by atoms with Crippen LogP contribution in [0.2, 0.25) is 0 Å². The maximum absolute atomic E-state index is 12.9. The average molecular weight is 288 g/mol. The third-order valence-corrected chi connectivity index (χ3v) is 5.18. The first-order chi connectivity index (χ1) is 10.8. The molecule has 0 aromatic heterocycles. The lowest BCUT2D eigenvalue weighted by atomic mass is 9.64. The summed E-state index contributed by atoms with van der Waals surface area (Å²) in [4.78, 5) is 12.9. The maximum atomic E-state index is 12.9. The summed E-state index contributed by atoms with van der Waals surface area (Å²) in [5, 5.41) is 0. The summed E-state index contributed by atoms with van der Waals surface area (Å²) >= 11 is 0. The van der Waals surface area contributed by atoms with Crippen molar-refractivity contribution in [2.24, 2.45) is 11.8 Å². The number of hydrogen-bond acceptors (Lipinski definition) is 1. The van der Waals surface area contributed by atoms with E-state index >= 15 is 0 Å². The number of rotatable bonds is 2. The number of hydrogen-bond donors (Lipinski definition) is 0. The van der Waals surface area contributed by atoms with Gasteiger partial charge in [-0.05, 0) is 29.5 Å². The summed E-state index contributed by atoms with van der Waals surface area (Å²) in [5.41, 5.74) is 3.73. The van der Waals surface area contributed by atoms with Crippen molar-refractivity contribution >= 4 is 11.4 Å². The summed E-state index contributed by atoms with van der Waals surface area (Å²) in [6, 6.07) is 20.9. The van der Waals surface area contributed by atoms with Gasteiger partial charge < -0.3 is 0 Å². The first-order valence-corrected chi connectivity index (χ1v) is 8.20. The Morgan fingerprint density at radius 3 is 2.23 bits per heavy atom. The van der Waals surface area contributed by atoms with Gasteiger partial charge >= 0.3 is 0 Å². The van der Waals surface area contributed by atoms with E-state index in [0.717, 1.165) is 19.3 Å². The van der Waals surface area contributed by atoms with Crippen LogP contribution in [0.4, 0.5) is 0 Å². The summed E-state index contributed by atoms with van der Waals surface area (Å²) < 4.78 is 0. The molecule has 0 heterocycles. The van der Waals surface area contributed by atoms with E-state index < -0.39 is 0 Å². The van der Waals surface area contributed by atoms with Gasteiger partial charge in [0.25, 0.3) is 0 Å². The molecule has 2 aliphatic rings. The van der Waals surface area contributed by atoms with Gasteiger partial charge in [-0.25, -0.2) is 0 Å². The van der Waals surface area contributed by atoms with Crippen LogP contribution in [0.1, 0.15) is 36.3 Å². The Morgan fingerprint density at radius 2 is 1.50 bits per heavy atom. The van der Waals surface area contributed by atoms with Gasteiger partial charge in [0.1, 0.15) is 5.78 Å².